The number of anilines is 1. The summed E-state index contributed by atoms with van der Waals surface area (Å²) in [6, 6.07) is 12.4. The van der Waals surface area contributed by atoms with Crippen molar-refractivity contribution in [3.05, 3.63) is 58.7 Å². The summed E-state index contributed by atoms with van der Waals surface area (Å²) in [6.07, 6.45) is 9.62. The van der Waals surface area contributed by atoms with E-state index >= 15 is 0 Å². The van der Waals surface area contributed by atoms with Crippen LogP contribution in [0, 0.1) is 20.8 Å². The van der Waals surface area contributed by atoms with Crippen LogP contribution in [0.3, 0.4) is 0 Å². The van der Waals surface area contributed by atoms with Crippen molar-refractivity contribution in [2.45, 2.75) is 98.5 Å². The third kappa shape index (κ3) is 8.40. The van der Waals surface area contributed by atoms with Gasteiger partial charge in [0.15, 0.2) is 6.10 Å². The van der Waals surface area contributed by atoms with Crippen molar-refractivity contribution in [1.82, 2.24) is 0 Å². The van der Waals surface area contributed by atoms with Crippen molar-refractivity contribution in [1.29, 1.82) is 0 Å². The number of hydrogen-bond acceptors (Lipinski definition) is 2. The van der Waals surface area contributed by atoms with Gasteiger partial charge in [-0.25, -0.2) is 0 Å². The van der Waals surface area contributed by atoms with Crippen LogP contribution in [0.15, 0.2) is 36.4 Å². The van der Waals surface area contributed by atoms with Crippen LogP contribution in [0.5, 0.6) is 5.75 Å². The van der Waals surface area contributed by atoms with Gasteiger partial charge >= 0.3 is 0 Å². The van der Waals surface area contributed by atoms with E-state index in [0.29, 0.717) is 0 Å². The van der Waals surface area contributed by atoms with Crippen LogP contribution in [-0.4, -0.2) is 12.0 Å². The Hall–Kier alpha value is -2.29. The van der Waals surface area contributed by atoms with Gasteiger partial charge in [-0.3, -0.25) is 4.79 Å². The molecule has 0 aliphatic carbocycles. The van der Waals surface area contributed by atoms with Crippen molar-refractivity contribution in [2.75, 3.05) is 5.32 Å². The molecule has 3 heteroatoms. The molecule has 2 rings (SSSR count). The molecule has 0 saturated heterocycles. The van der Waals surface area contributed by atoms with E-state index in [1.807, 2.05) is 26.0 Å². The van der Waals surface area contributed by atoms with Crippen LogP contribution in [0.4, 0.5) is 5.69 Å². The lowest BCUT2D eigenvalue weighted by Crippen LogP contribution is -2.33. The van der Waals surface area contributed by atoms with Crippen molar-refractivity contribution in [3.63, 3.8) is 0 Å². The molecule has 31 heavy (non-hydrogen) atoms. The molecule has 0 bridgehead atoms. The number of carbonyl (C=O) groups is 1. The van der Waals surface area contributed by atoms with Crippen molar-refractivity contribution >= 4 is 11.6 Å². The minimum absolute atomic E-state index is 0.0544. The fourth-order valence-corrected chi connectivity index (χ4v) is 4.12. The lowest BCUT2D eigenvalue weighted by molar-refractivity contribution is -0.123. The smallest absolute Gasteiger partial charge is 0.265 e. The molecule has 0 aliphatic rings. The largest absolute Gasteiger partial charge is 0.481 e. The zero-order valence-corrected chi connectivity index (χ0v) is 20.2. The Bertz CT molecular complexity index is 787. The van der Waals surface area contributed by atoms with Gasteiger partial charge in [0.05, 0.1) is 0 Å². The van der Waals surface area contributed by atoms with E-state index in [1.54, 1.807) is 0 Å². The van der Waals surface area contributed by atoms with Crippen molar-refractivity contribution in [2.24, 2.45) is 0 Å². The van der Waals surface area contributed by atoms with Gasteiger partial charge < -0.3 is 10.1 Å². The maximum absolute atomic E-state index is 13.2. The van der Waals surface area contributed by atoms with E-state index in [0.717, 1.165) is 54.7 Å². The molecule has 2 aromatic carbocycles. The van der Waals surface area contributed by atoms with Gasteiger partial charge in [0.2, 0.25) is 0 Å². The second-order valence-electron chi connectivity index (χ2n) is 8.82. The molecular weight excluding hydrogens is 382 g/mol. The van der Waals surface area contributed by atoms with Crippen LogP contribution < -0.4 is 10.1 Å². The molecule has 0 aromatic heterocycles. The highest BCUT2D eigenvalue weighted by Crippen LogP contribution is 2.24. The topological polar surface area (TPSA) is 38.3 Å². The minimum atomic E-state index is -0.483. The van der Waals surface area contributed by atoms with Gasteiger partial charge in [-0.1, -0.05) is 82.2 Å². The van der Waals surface area contributed by atoms with Crippen LogP contribution in [0.1, 0.15) is 87.5 Å². The SMILES string of the molecule is CCCCCCCCC(Oc1ccc(CCC)cc1)C(=O)Nc1c(C)cc(C)cc1C. The van der Waals surface area contributed by atoms with Crippen molar-refractivity contribution in [3.8, 4) is 5.75 Å². The second kappa shape index (κ2) is 13.2. The summed E-state index contributed by atoms with van der Waals surface area (Å²) >= 11 is 0. The van der Waals surface area contributed by atoms with Gasteiger partial charge in [-0.15, -0.1) is 0 Å². The lowest BCUT2D eigenvalue weighted by atomic mass is 10.0. The predicted octanol–water partition coefficient (Wildman–Crippen LogP) is 7.70. The molecule has 0 saturated carbocycles. The number of carbonyl (C=O) groups excluding carboxylic acids is 1. The predicted molar refractivity (Wildman–Crippen MR) is 132 cm³/mol. The highest BCUT2D eigenvalue weighted by atomic mass is 16.5. The molecule has 0 radical (unpaired) electrons. The Morgan fingerprint density at radius 3 is 2.10 bits per heavy atom. The van der Waals surface area contributed by atoms with Crippen LogP contribution >= 0.6 is 0 Å². The van der Waals surface area contributed by atoms with E-state index in [4.69, 9.17) is 4.74 Å². The molecule has 1 atom stereocenters. The van der Waals surface area contributed by atoms with E-state index in [2.05, 4.69) is 50.4 Å². The molecule has 1 N–H and O–H groups in total. The summed E-state index contributed by atoms with van der Waals surface area (Å²) in [5.41, 5.74) is 5.60. The van der Waals surface area contributed by atoms with Gasteiger partial charge in [0.1, 0.15) is 5.75 Å². The molecule has 1 unspecified atom stereocenters. The first-order valence-corrected chi connectivity index (χ1v) is 12.1. The van der Waals surface area contributed by atoms with Gasteiger partial charge in [0, 0.05) is 5.69 Å². The molecule has 0 spiro atoms. The first-order valence-electron chi connectivity index (χ1n) is 12.1. The molecule has 0 fully saturated rings. The maximum Gasteiger partial charge on any atom is 0.265 e. The average Bonchev–Trinajstić information content (AvgIpc) is 2.73. The summed E-state index contributed by atoms with van der Waals surface area (Å²) < 4.78 is 6.20. The molecule has 3 nitrogen and oxygen atoms in total. The first-order chi connectivity index (χ1) is 14.9. The molecule has 0 heterocycles. The Balaban J connectivity index is 2.07. The minimum Gasteiger partial charge on any atom is -0.481 e. The van der Waals surface area contributed by atoms with E-state index in [9.17, 15) is 4.79 Å². The van der Waals surface area contributed by atoms with Crippen LogP contribution in [0.25, 0.3) is 0 Å². The van der Waals surface area contributed by atoms with Crippen LogP contribution in [-0.2, 0) is 11.2 Å². The molecule has 1 amide bonds. The monoisotopic (exact) mass is 423 g/mol. The van der Waals surface area contributed by atoms with Crippen molar-refractivity contribution < 1.29 is 9.53 Å². The van der Waals surface area contributed by atoms with Gasteiger partial charge in [-0.05, 0) is 68.9 Å². The summed E-state index contributed by atoms with van der Waals surface area (Å²) in [6.45, 7) is 10.6. The summed E-state index contributed by atoms with van der Waals surface area (Å²) in [7, 11) is 0. The van der Waals surface area contributed by atoms with Gasteiger partial charge in [0.25, 0.3) is 5.91 Å². The highest BCUT2D eigenvalue weighted by Gasteiger charge is 2.21. The number of hydrogen-bond donors (Lipinski definition) is 1. The normalized spacial score (nSPS) is 11.9. The quantitative estimate of drug-likeness (QED) is 0.335. The fraction of sp³-hybridized carbons (Fsp3) is 0.536. The van der Waals surface area contributed by atoms with E-state index < -0.39 is 6.10 Å². The summed E-state index contributed by atoms with van der Waals surface area (Å²) in [4.78, 5) is 13.2. The highest BCUT2D eigenvalue weighted by molar-refractivity contribution is 5.95. The second-order valence-corrected chi connectivity index (χ2v) is 8.82. The number of unbranched alkanes of at least 4 members (excludes halogenated alkanes) is 5. The first kappa shape index (κ1) is 25.0. The number of rotatable bonds is 13. The number of ether oxygens (including phenoxy) is 1. The van der Waals surface area contributed by atoms with E-state index in [-0.39, 0.29) is 5.91 Å². The van der Waals surface area contributed by atoms with Crippen LogP contribution in [0.2, 0.25) is 0 Å². The maximum atomic E-state index is 13.2. The molecular formula is C28H41NO2. The number of nitrogens with one attached hydrogen (secondary N) is 1. The Morgan fingerprint density at radius 2 is 1.48 bits per heavy atom. The number of benzene rings is 2. The fourth-order valence-electron chi connectivity index (χ4n) is 4.12. The summed E-state index contributed by atoms with van der Waals surface area (Å²) in [5, 5.41) is 3.16. The standard InChI is InChI=1S/C28H41NO2/c1-6-8-9-10-11-12-14-26(31-25-17-15-24(13-7-2)16-18-25)28(30)29-27-22(4)19-21(3)20-23(27)5/h15-20,26H,6-14H2,1-5H3,(H,29,30). The average molecular weight is 424 g/mol. The molecule has 0 aliphatic heterocycles. The van der Waals surface area contributed by atoms with E-state index in [1.165, 1.54) is 36.8 Å². The zero-order chi connectivity index (χ0) is 22.6. The van der Waals surface area contributed by atoms with Gasteiger partial charge in [-0.2, -0.15) is 0 Å². The number of aryl methyl sites for hydroxylation is 4. The Morgan fingerprint density at radius 1 is 0.871 bits per heavy atom. The molecule has 170 valence electrons. The Labute approximate surface area is 189 Å². The number of amides is 1. The zero-order valence-electron chi connectivity index (χ0n) is 20.2. The Kier molecular flexibility index (Phi) is 10.6. The summed E-state index contributed by atoms with van der Waals surface area (Å²) in [5.74, 6) is 0.713. The third-order valence-corrected chi connectivity index (χ3v) is 5.78. The lowest BCUT2D eigenvalue weighted by Gasteiger charge is -2.21. The third-order valence-electron chi connectivity index (χ3n) is 5.78. The molecule has 2 aromatic rings.